The predicted molar refractivity (Wildman–Crippen MR) is 83.0 cm³/mol. The zero-order chi connectivity index (χ0) is 15.1. The monoisotopic (exact) mass is 291 g/mol. The molecule has 1 saturated heterocycles. The number of carbonyl (C=O) groups is 1. The Morgan fingerprint density at radius 3 is 2.57 bits per heavy atom. The highest BCUT2D eigenvalue weighted by molar-refractivity contribution is 5.75. The van der Waals surface area contributed by atoms with Crippen molar-refractivity contribution < 1.29 is 9.53 Å². The summed E-state index contributed by atoms with van der Waals surface area (Å²) in [6, 6.07) is 9.19. The van der Waals surface area contributed by atoms with Crippen LogP contribution in [0.15, 0.2) is 30.3 Å². The van der Waals surface area contributed by atoms with Crippen LogP contribution in [0.4, 0.5) is 0 Å². The lowest BCUT2D eigenvalue weighted by Crippen LogP contribution is -2.46. The van der Waals surface area contributed by atoms with Gasteiger partial charge in [0.25, 0.3) is 0 Å². The minimum absolute atomic E-state index is 0.312. The van der Waals surface area contributed by atoms with E-state index in [2.05, 4.69) is 16.8 Å². The predicted octanol–water partition coefficient (Wildman–Crippen LogP) is 0.347. The molecule has 1 fully saturated rings. The van der Waals surface area contributed by atoms with Gasteiger partial charge in [0.1, 0.15) is 12.6 Å². The maximum Gasteiger partial charge on any atom is 0.323 e. The van der Waals surface area contributed by atoms with Crippen LogP contribution in [0.25, 0.3) is 0 Å². The van der Waals surface area contributed by atoms with Gasteiger partial charge in [-0.25, -0.2) is 0 Å². The van der Waals surface area contributed by atoms with Gasteiger partial charge in [-0.1, -0.05) is 30.3 Å². The molecule has 1 aromatic carbocycles. The molecule has 1 atom stereocenters. The Kier molecular flexibility index (Phi) is 6.17. The maximum atomic E-state index is 11.9. The minimum atomic E-state index is -0.583. The lowest BCUT2D eigenvalue weighted by Gasteiger charge is -2.32. The van der Waals surface area contributed by atoms with Crippen LogP contribution in [0.5, 0.6) is 0 Å². The van der Waals surface area contributed by atoms with E-state index in [4.69, 9.17) is 10.5 Å². The van der Waals surface area contributed by atoms with Gasteiger partial charge in [0.05, 0.1) is 0 Å². The van der Waals surface area contributed by atoms with Crippen molar-refractivity contribution in [1.29, 1.82) is 0 Å². The average Bonchev–Trinajstić information content (AvgIpc) is 2.50. The molecule has 0 amide bonds. The molecule has 0 radical (unpaired) electrons. The first kappa shape index (κ1) is 15.9. The molecule has 0 aliphatic carbocycles. The van der Waals surface area contributed by atoms with E-state index in [0.29, 0.717) is 13.0 Å². The van der Waals surface area contributed by atoms with Crippen LogP contribution in [0, 0.1) is 0 Å². The molecule has 5 nitrogen and oxygen atoms in total. The highest BCUT2D eigenvalue weighted by Gasteiger charge is 2.17. The van der Waals surface area contributed by atoms with Gasteiger partial charge in [-0.15, -0.1) is 0 Å². The molecule has 0 bridgehead atoms. The number of nitrogens with zero attached hydrogens (tertiary/aromatic N) is 2. The molecule has 1 aromatic rings. The third-order valence-corrected chi connectivity index (χ3v) is 3.85. The zero-order valence-electron chi connectivity index (χ0n) is 12.7. The van der Waals surface area contributed by atoms with E-state index in [1.165, 1.54) is 0 Å². The van der Waals surface area contributed by atoms with Crippen molar-refractivity contribution in [3.05, 3.63) is 35.9 Å². The van der Waals surface area contributed by atoms with Gasteiger partial charge >= 0.3 is 5.97 Å². The van der Waals surface area contributed by atoms with Crippen molar-refractivity contribution in [2.75, 3.05) is 46.4 Å². The fraction of sp³-hybridized carbons (Fsp3) is 0.562. The Morgan fingerprint density at radius 2 is 1.90 bits per heavy atom. The van der Waals surface area contributed by atoms with E-state index in [-0.39, 0.29) is 5.97 Å². The average molecular weight is 291 g/mol. The normalized spacial score (nSPS) is 18.4. The Labute approximate surface area is 126 Å². The minimum Gasteiger partial charge on any atom is -0.463 e. The maximum absolute atomic E-state index is 11.9. The van der Waals surface area contributed by atoms with Crippen molar-refractivity contribution in [3.63, 3.8) is 0 Å². The summed E-state index contributed by atoms with van der Waals surface area (Å²) in [7, 11) is 2.12. The molecular weight excluding hydrogens is 266 g/mol. The lowest BCUT2D eigenvalue weighted by molar-refractivity contribution is -0.145. The van der Waals surface area contributed by atoms with E-state index >= 15 is 0 Å². The number of benzene rings is 1. The van der Waals surface area contributed by atoms with Gasteiger partial charge in [-0.05, 0) is 19.0 Å². The van der Waals surface area contributed by atoms with E-state index in [0.717, 1.165) is 38.3 Å². The number of rotatable bonds is 6. The largest absolute Gasteiger partial charge is 0.463 e. The second kappa shape index (κ2) is 8.12. The summed E-state index contributed by atoms with van der Waals surface area (Å²) in [4.78, 5) is 16.5. The fourth-order valence-corrected chi connectivity index (χ4v) is 2.41. The smallest absolute Gasteiger partial charge is 0.323 e. The topological polar surface area (TPSA) is 58.8 Å². The summed E-state index contributed by atoms with van der Waals surface area (Å²) in [6.45, 7) is 5.42. The van der Waals surface area contributed by atoms with E-state index in [9.17, 15) is 4.79 Å². The molecule has 2 rings (SSSR count). The molecule has 2 N–H and O–H groups in total. The summed E-state index contributed by atoms with van der Waals surface area (Å²) in [6.07, 6.45) is 0.522. The highest BCUT2D eigenvalue weighted by Crippen LogP contribution is 2.03. The Morgan fingerprint density at radius 1 is 1.24 bits per heavy atom. The van der Waals surface area contributed by atoms with Crippen LogP contribution in [-0.2, 0) is 16.0 Å². The molecule has 0 unspecified atom stereocenters. The van der Waals surface area contributed by atoms with Crippen molar-refractivity contribution in [3.8, 4) is 0 Å². The van der Waals surface area contributed by atoms with Crippen LogP contribution < -0.4 is 5.73 Å². The van der Waals surface area contributed by atoms with E-state index in [1.54, 1.807) is 0 Å². The summed E-state index contributed by atoms with van der Waals surface area (Å²) in [5, 5.41) is 0. The lowest BCUT2D eigenvalue weighted by atomic mass is 10.1. The first-order valence-corrected chi connectivity index (χ1v) is 7.52. The van der Waals surface area contributed by atoms with Crippen molar-refractivity contribution in [2.24, 2.45) is 5.73 Å². The third-order valence-electron chi connectivity index (χ3n) is 3.85. The van der Waals surface area contributed by atoms with E-state index < -0.39 is 6.04 Å². The van der Waals surface area contributed by atoms with Gasteiger partial charge in [0.2, 0.25) is 0 Å². The molecule has 21 heavy (non-hydrogen) atoms. The van der Waals surface area contributed by atoms with Crippen molar-refractivity contribution in [1.82, 2.24) is 9.80 Å². The van der Waals surface area contributed by atoms with Crippen LogP contribution in [0.2, 0.25) is 0 Å². The molecule has 1 heterocycles. The number of nitrogens with two attached hydrogens (primary N) is 1. The molecule has 0 spiro atoms. The van der Waals surface area contributed by atoms with Crippen LogP contribution in [-0.4, -0.2) is 68.2 Å². The van der Waals surface area contributed by atoms with Crippen LogP contribution in [0.3, 0.4) is 0 Å². The second-order valence-corrected chi connectivity index (χ2v) is 5.61. The summed E-state index contributed by atoms with van der Waals surface area (Å²) in [5.41, 5.74) is 6.95. The SMILES string of the molecule is CN1CCN(CCOC(=O)[C@@H](N)Cc2ccccc2)CC1. The zero-order valence-corrected chi connectivity index (χ0v) is 12.7. The second-order valence-electron chi connectivity index (χ2n) is 5.61. The molecule has 1 aliphatic heterocycles. The number of ether oxygens (including phenoxy) is 1. The summed E-state index contributed by atoms with van der Waals surface area (Å²) in [5.74, 6) is -0.312. The Hall–Kier alpha value is -1.43. The fourth-order valence-electron chi connectivity index (χ4n) is 2.41. The van der Waals surface area contributed by atoms with E-state index in [1.807, 2.05) is 30.3 Å². The Balaban J connectivity index is 1.65. The number of hydrogen-bond acceptors (Lipinski definition) is 5. The molecule has 1 aliphatic rings. The van der Waals surface area contributed by atoms with Gasteiger partial charge in [0, 0.05) is 32.7 Å². The Bertz CT molecular complexity index is 430. The van der Waals surface area contributed by atoms with Gasteiger partial charge in [-0.3, -0.25) is 9.69 Å². The first-order valence-electron chi connectivity index (χ1n) is 7.52. The highest BCUT2D eigenvalue weighted by atomic mass is 16.5. The summed E-state index contributed by atoms with van der Waals surface area (Å²) < 4.78 is 5.29. The van der Waals surface area contributed by atoms with Gasteiger partial charge in [0.15, 0.2) is 0 Å². The quantitative estimate of drug-likeness (QED) is 0.766. The molecule has 0 saturated carbocycles. The number of carbonyl (C=O) groups excluding carboxylic acids is 1. The molecule has 116 valence electrons. The van der Waals surface area contributed by atoms with Crippen molar-refractivity contribution >= 4 is 5.97 Å². The van der Waals surface area contributed by atoms with Crippen LogP contribution in [0.1, 0.15) is 5.56 Å². The number of hydrogen-bond donors (Lipinski definition) is 1. The standard InChI is InChI=1S/C16H25N3O2/c1-18-7-9-19(10-8-18)11-12-21-16(20)15(17)13-14-5-3-2-4-6-14/h2-6,15H,7-13,17H2,1H3/t15-/m0/s1. The number of piperazine rings is 1. The van der Waals surface area contributed by atoms with Crippen LogP contribution >= 0.6 is 0 Å². The van der Waals surface area contributed by atoms with Gasteiger partial charge in [-0.2, -0.15) is 0 Å². The van der Waals surface area contributed by atoms with Crippen molar-refractivity contribution in [2.45, 2.75) is 12.5 Å². The van der Waals surface area contributed by atoms with Gasteiger partial charge < -0.3 is 15.4 Å². The summed E-state index contributed by atoms with van der Waals surface area (Å²) >= 11 is 0. The number of esters is 1. The molecule has 5 heteroatoms. The first-order chi connectivity index (χ1) is 10.1. The third kappa shape index (κ3) is 5.46. The molecule has 0 aromatic heterocycles. The molecular formula is C16H25N3O2. The number of likely N-dealkylation sites (N-methyl/N-ethyl adjacent to an activating group) is 1.